The number of hydrogen-bond donors (Lipinski definition) is 0. The lowest BCUT2D eigenvalue weighted by Gasteiger charge is -2.32. The van der Waals surface area contributed by atoms with Gasteiger partial charge in [0.1, 0.15) is 0 Å². The average molecular weight is 288 g/mol. The number of carbonyl (C=O) groups excluding carboxylic acids is 2. The number of carbonyl (C=O) groups is 2. The van der Waals surface area contributed by atoms with Crippen LogP contribution in [0.5, 0.6) is 0 Å². The molecule has 2 fully saturated rings. The first-order valence-corrected chi connectivity index (χ1v) is 7.46. The van der Waals surface area contributed by atoms with Crippen molar-refractivity contribution in [3.63, 3.8) is 0 Å². The summed E-state index contributed by atoms with van der Waals surface area (Å²) in [5.41, 5.74) is 1.67. The number of hydrogen-bond acceptors (Lipinski definition) is 4. The first kappa shape index (κ1) is 13.9. The maximum atomic E-state index is 12.5. The summed E-state index contributed by atoms with van der Waals surface area (Å²) in [7, 11) is 0. The van der Waals surface area contributed by atoms with Crippen LogP contribution in [0.1, 0.15) is 23.2 Å². The molecule has 0 bridgehead atoms. The van der Waals surface area contributed by atoms with E-state index < -0.39 is 0 Å². The molecule has 3 rings (SSSR count). The van der Waals surface area contributed by atoms with E-state index in [1.54, 1.807) is 16.0 Å². The highest BCUT2D eigenvalue weighted by molar-refractivity contribution is 5.95. The Hall–Kier alpha value is -2.11. The van der Waals surface area contributed by atoms with E-state index in [0.717, 1.165) is 25.2 Å². The largest absolute Gasteiger partial charge is 0.370 e. The molecular formula is C15H20N4O2. The number of pyridine rings is 1. The van der Waals surface area contributed by atoms with Crippen molar-refractivity contribution in [2.45, 2.75) is 12.8 Å². The van der Waals surface area contributed by atoms with E-state index in [2.05, 4.69) is 9.88 Å². The highest BCUT2D eigenvalue weighted by Gasteiger charge is 2.22. The van der Waals surface area contributed by atoms with Gasteiger partial charge in [-0.1, -0.05) is 0 Å². The maximum Gasteiger partial charge on any atom is 0.255 e. The van der Waals surface area contributed by atoms with Crippen molar-refractivity contribution in [2.75, 3.05) is 44.2 Å². The van der Waals surface area contributed by atoms with Crippen molar-refractivity contribution in [1.29, 1.82) is 0 Å². The fourth-order valence-electron chi connectivity index (χ4n) is 2.91. The van der Waals surface area contributed by atoms with Gasteiger partial charge in [0.2, 0.25) is 6.41 Å². The molecule has 2 saturated heterocycles. The van der Waals surface area contributed by atoms with Gasteiger partial charge in [-0.15, -0.1) is 0 Å². The van der Waals surface area contributed by atoms with Gasteiger partial charge in [0, 0.05) is 45.5 Å². The van der Waals surface area contributed by atoms with Crippen molar-refractivity contribution in [1.82, 2.24) is 14.8 Å². The molecule has 1 aromatic heterocycles. The Morgan fingerprint density at radius 1 is 1.05 bits per heavy atom. The number of piperazine rings is 1. The summed E-state index contributed by atoms with van der Waals surface area (Å²) in [6.45, 7) is 4.47. The van der Waals surface area contributed by atoms with Crippen LogP contribution < -0.4 is 4.90 Å². The SMILES string of the molecule is O=CN1CCN(C(=O)c2cncc(N3CCCC3)c2)CC1. The molecule has 3 heterocycles. The molecule has 112 valence electrons. The molecular weight excluding hydrogens is 268 g/mol. The molecule has 2 amide bonds. The third-order valence-corrected chi connectivity index (χ3v) is 4.19. The standard InChI is InChI=1S/C15H20N4O2/c20-12-17-5-7-19(8-6-17)15(21)13-9-14(11-16-10-13)18-3-1-2-4-18/h9-12H,1-8H2. The molecule has 6 heteroatoms. The molecule has 2 aliphatic heterocycles. The average Bonchev–Trinajstić information content (AvgIpc) is 3.09. The zero-order valence-corrected chi connectivity index (χ0v) is 12.1. The van der Waals surface area contributed by atoms with E-state index in [4.69, 9.17) is 0 Å². The highest BCUT2D eigenvalue weighted by Crippen LogP contribution is 2.20. The van der Waals surface area contributed by atoms with Gasteiger partial charge in [0.05, 0.1) is 17.4 Å². The zero-order valence-electron chi connectivity index (χ0n) is 12.1. The number of rotatable bonds is 3. The van der Waals surface area contributed by atoms with Gasteiger partial charge in [0.25, 0.3) is 5.91 Å². The number of anilines is 1. The normalized spacial score (nSPS) is 19.0. The molecule has 0 spiro atoms. The minimum atomic E-state index is 0.00842. The van der Waals surface area contributed by atoms with Crippen LogP contribution in [-0.2, 0) is 4.79 Å². The van der Waals surface area contributed by atoms with E-state index >= 15 is 0 Å². The van der Waals surface area contributed by atoms with Crippen LogP contribution >= 0.6 is 0 Å². The van der Waals surface area contributed by atoms with Crippen LogP contribution in [0.4, 0.5) is 5.69 Å². The van der Waals surface area contributed by atoms with Crippen molar-refractivity contribution < 1.29 is 9.59 Å². The monoisotopic (exact) mass is 288 g/mol. The van der Waals surface area contributed by atoms with Gasteiger partial charge in [-0.25, -0.2) is 0 Å². The summed E-state index contributed by atoms with van der Waals surface area (Å²) < 4.78 is 0. The van der Waals surface area contributed by atoms with Gasteiger partial charge >= 0.3 is 0 Å². The van der Waals surface area contributed by atoms with E-state index in [-0.39, 0.29) is 5.91 Å². The molecule has 0 aromatic carbocycles. The quantitative estimate of drug-likeness (QED) is 0.764. The first-order valence-electron chi connectivity index (χ1n) is 7.46. The van der Waals surface area contributed by atoms with Gasteiger partial charge < -0.3 is 14.7 Å². The predicted octanol–water partition coefficient (Wildman–Crippen LogP) is 0.596. The van der Waals surface area contributed by atoms with Crippen LogP contribution in [-0.4, -0.2) is 66.4 Å². The van der Waals surface area contributed by atoms with Crippen molar-refractivity contribution >= 4 is 18.0 Å². The summed E-state index contributed by atoms with van der Waals surface area (Å²) >= 11 is 0. The lowest BCUT2D eigenvalue weighted by atomic mass is 10.2. The topological polar surface area (TPSA) is 56.8 Å². The Bertz CT molecular complexity index is 520. The van der Waals surface area contributed by atoms with E-state index in [1.807, 2.05) is 12.3 Å². The van der Waals surface area contributed by atoms with Crippen LogP contribution in [0, 0.1) is 0 Å². The Kier molecular flexibility index (Phi) is 4.03. The summed E-state index contributed by atoms with van der Waals surface area (Å²) in [6.07, 6.45) is 6.70. The van der Waals surface area contributed by atoms with Crippen LogP contribution in [0.3, 0.4) is 0 Å². The highest BCUT2D eigenvalue weighted by atomic mass is 16.2. The predicted molar refractivity (Wildman–Crippen MR) is 79.2 cm³/mol. The summed E-state index contributed by atoms with van der Waals surface area (Å²) in [5, 5.41) is 0. The summed E-state index contributed by atoms with van der Waals surface area (Å²) in [4.78, 5) is 33.2. The van der Waals surface area contributed by atoms with E-state index in [9.17, 15) is 9.59 Å². The number of aromatic nitrogens is 1. The van der Waals surface area contributed by atoms with Crippen LogP contribution in [0.25, 0.3) is 0 Å². The molecule has 1 aromatic rings. The molecule has 0 unspecified atom stereocenters. The van der Waals surface area contributed by atoms with Gasteiger partial charge in [-0.3, -0.25) is 14.6 Å². The lowest BCUT2D eigenvalue weighted by Crippen LogP contribution is -2.48. The van der Waals surface area contributed by atoms with Gasteiger partial charge in [-0.05, 0) is 18.9 Å². The van der Waals surface area contributed by atoms with Crippen LogP contribution in [0.15, 0.2) is 18.5 Å². The second-order valence-corrected chi connectivity index (χ2v) is 5.56. The molecule has 0 radical (unpaired) electrons. The lowest BCUT2D eigenvalue weighted by molar-refractivity contribution is -0.119. The molecule has 21 heavy (non-hydrogen) atoms. The number of nitrogens with zero attached hydrogens (tertiary/aromatic N) is 4. The van der Waals surface area contributed by atoms with Crippen molar-refractivity contribution in [3.05, 3.63) is 24.0 Å². The summed E-state index contributed by atoms with van der Waals surface area (Å²) in [6, 6.07) is 1.94. The van der Waals surface area contributed by atoms with E-state index in [1.165, 1.54) is 12.8 Å². The Morgan fingerprint density at radius 3 is 2.43 bits per heavy atom. The third-order valence-electron chi connectivity index (χ3n) is 4.19. The second kappa shape index (κ2) is 6.11. The minimum Gasteiger partial charge on any atom is -0.370 e. The molecule has 6 nitrogen and oxygen atoms in total. The fraction of sp³-hybridized carbons (Fsp3) is 0.533. The third kappa shape index (κ3) is 2.99. The van der Waals surface area contributed by atoms with E-state index in [0.29, 0.717) is 31.7 Å². The molecule has 2 aliphatic rings. The Balaban J connectivity index is 1.69. The van der Waals surface area contributed by atoms with Crippen molar-refractivity contribution in [3.8, 4) is 0 Å². The molecule has 0 N–H and O–H groups in total. The maximum absolute atomic E-state index is 12.5. The first-order chi connectivity index (χ1) is 10.3. The van der Waals surface area contributed by atoms with Gasteiger partial charge in [-0.2, -0.15) is 0 Å². The molecule has 0 atom stereocenters. The molecule has 0 aliphatic carbocycles. The van der Waals surface area contributed by atoms with Crippen LogP contribution in [0.2, 0.25) is 0 Å². The molecule has 0 saturated carbocycles. The van der Waals surface area contributed by atoms with Crippen molar-refractivity contribution in [2.24, 2.45) is 0 Å². The van der Waals surface area contributed by atoms with Gasteiger partial charge in [0.15, 0.2) is 0 Å². The Morgan fingerprint density at radius 2 is 1.76 bits per heavy atom. The zero-order chi connectivity index (χ0) is 14.7. The fourth-order valence-corrected chi connectivity index (χ4v) is 2.91. The summed E-state index contributed by atoms with van der Waals surface area (Å²) in [5.74, 6) is 0.00842. The Labute approximate surface area is 124 Å². The minimum absolute atomic E-state index is 0.00842. The number of amides is 2. The second-order valence-electron chi connectivity index (χ2n) is 5.56. The smallest absolute Gasteiger partial charge is 0.255 e.